The van der Waals surface area contributed by atoms with Gasteiger partial charge in [0.25, 0.3) is 5.56 Å². The summed E-state index contributed by atoms with van der Waals surface area (Å²) >= 11 is 3.04. The predicted octanol–water partition coefficient (Wildman–Crippen LogP) is 5.02. The smallest absolute Gasteiger partial charge is 0.262 e. The van der Waals surface area contributed by atoms with E-state index in [0.717, 1.165) is 22.0 Å². The van der Waals surface area contributed by atoms with Crippen molar-refractivity contribution in [1.29, 1.82) is 0 Å². The number of thioether (sulfide) groups is 1. The van der Waals surface area contributed by atoms with Crippen LogP contribution in [0.25, 0.3) is 21.5 Å². The van der Waals surface area contributed by atoms with Crippen LogP contribution in [0.1, 0.15) is 5.69 Å². The number of fused-ring (bicyclic) bond motifs is 1. The Bertz CT molecular complexity index is 1300. The molecule has 0 amide bonds. The van der Waals surface area contributed by atoms with Crippen LogP contribution in [0, 0.1) is 0 Å². The van der Waals surface area contributed by atoms with E-state index in [0.29, 0.717) is 34.1 Å². The number of hydrogen-bond acceptors (Lipinski definition) is 7. The van der Waals surface area contributed by atoms with Gasteiger partial charge in [0.15, 0.2) is 5.16 Å². The van der Waals surface area contributed by atoms with Gasteiger partial charge in [0.2, 0.25) is 0 Å². The first-order valence-corrected chi connectivity index (χ1v) is 11.4. The minimum atomic E-state index is -0.0602. The summed E-state index contributed by atoms with van der Waals surface area (Å²) in [7, 11) is 3.26. The Morgan fingerprint density at radius 1 is 1.16 bits per heavy atom. The predicted molar refractivity (Wildman–Crippen MR) is 126 cm³/mol. The average molecular weight is 452 g/mol. The number of rotatable bonds is 8. The molecule has 0 fully saturated rings. The van der Waals surface area contributed by atoms with Gasteiger partial charge in [0.1, 0.15) is 16.5 Å². The maximum atomic E-state index is 12.9. The molecule has 0 aliphatic carbocycles. The monoisotopic (exact) mass is 451 g/mol. The molecule has 6 nitrogen and oxygen atoms in total. The number of hydrogen-bond donors (Lipinski definition) is 0. The van der Waals surface area contributed by atoms with Gasteiger partial charge in [-0.25, -0.2) is 9.97 Å². The van der Waals surface area contributed by atoms with E-state index < -0.39 is 0 Å². The molecule has 2 aromatic carbocycles. The van der Waals surface area contributed by atoms with Crippen molar-refractivity contribution < 1.29 is 9.47 Å². The highest BCUT2D eigenvalue weighted by Crippen LogP contribution is 2.35. The Balaban J connectivity index is 1.61. The summed E-state index contributed by atoms with van der Waals surface area (Å²) in [6.07, 6.45) is 1.71. The largest absolute Gasteiger partial charge is 0.497 e. The highest BCUT2D eigenvalue weighted by molar-refractivity contribution is 7.98. The van der Waals surface area contributed by atoms with Gasteiger partial charge < -0.3 is 9.47 Å². The number of thiazole rings is 1. The second kappa shape index (κ2) is 9.36. The summed E-state index contributed by atoms with van der Waals surface area (Å²) in [6.45, 7) is 4.18. The molecule has 2 aromatic heterocycles. The number of ether oxygens (including phenoxy) is 2. The average Bonchev–Trinajstić information content (AvgIpc) is 3.28. The molecular weight excluding hydrogens is 430 g/mol. The van der Waals surface area contributed by atoms with Crippen LogP contribution in [0.3, 0.4) is 0 Å². The van der Waals surface area contributed by atoms with Gasteiger partial charge in [0, 0.05) is 23.7 Å². The summed E-state index contributed by atoms with van der Waals surface area (Å²) in [4.78, 5) is 22.3. The lowest BCUT2D eigenvalue weighted by atomic mass is 10.2. The van der Waals surface area contributed by atoms with E-state index in [1.807, 2.05) is 41.8 Å². The van der Waals surface area contributed by atoms with Crippen LogP contribution in [0.5, 0.6) is 11.5 Å². The van der Waals surface area contributed by atoms with Crippen LogP contribution in [0.4, 0.5) is 0 Å². The summed E-state index contributed by atoms with van der Waals surface area (Å²) < 4.78 is 12.4. The molecule has 0 aliphatic rings. The van der Waals surface area contributed by atoms with Crippen molar-refractivity contribution in [3.63, 3.8) is 0 Å². The standard InChI is InChI=1S/C23H21N3O3S2/c1-4-11-26-22(27)17-7-5-6-8-19(17)25-23(26)31-14-15-13-30-21(24-15)18-10-9-16(28-2)12-20(18)29-3/h4-10,12-13H,1,11,14H2,2-3H3. The number of methoxy groups -OCH3 is 2. The maximum absolute atomic E-state index is 12.9. The third kappa shape index (κ3) is 4.35. The third-order valence-electron chi connectivity index (χ3n) is 4.68. The molecule has 2 heterocycles. The summed E-state index contributed by atoms with van der Waals surface area (Å²) in [5.74, 6) is 2.04. The van der Waals surface area contributed by atoms with Crippen molar-refractivity contribution in [2.75, 3.05) is 14.2 Å². The van der Waals surface area contributed by atoms with Crippen LogP contribution < -0.4 is 15.0 Å². The van der Waals surface area contributed by atoms with Crippen LogP contribution in [-0.4, -0.2) is 28.8 Å². The normalized spacial score (nSPS) is 10.9. The van der Waals surface area contributed by atoms with Crippen LogP contribution in [0.2, 0.25) is 0 Å². The molecule has 158 valence electrons. The van der Waals surface area contributed by atoms with Crippen molar-refractivity contribution in [3.05, 3.63) is 76.5 Å². The van der Waals surface area contributed by atoms with Crippen molar-refractivity contribution in [1.82, 2.24) is 14.5 Å². The van der Waals surface area contributed by atoms with Crippen LogP contribution >= 0.6 is 23.1 Å². The molecule has 0 saturated carbocycles. The first-order valence-electron chi connectivity index (χ1n) is 9.54. The third-order valence-corrected chi connectivity index (χ3v) is 6.61. The molecule has 0 N–H and O–H groups in total. The van der Waals surface area contributed by atoms with Crippen molar-refractivity contribution >= 4 is 34.0 Å². The van der Waals surface area contributed by atoms with Gasteiger partial charge >= 0.3 is 0 Å². The summed E-state index contributed by atoms with van der Waals surface area (Å²) in [5, 5.41) is 4.14. The Kier molecular flexibility index (Phi) is 6.39. The molecule has 0 spiro atoms. The Morgan fingerprint density at radius 3 is 2.77 bits per heavy atom. The van der Waals surface area contributed by atoms with E-state index in [9.17, 15) is 4.79 Å². The van der Waals surface area contributed by atoms with Crippen LogP contribution in [-0.2, 0) is 12.3 Å². The Labute approximate surface area is 188 Å². The molecular formula is C23H21N3O3S2. The zero-order valence-corrected chi connectivity index (χ0v) is 18.8. The second-order valence-corrected chi connectivity index (χ2v) is 8.42. The molecule has 8 heteroatoms. The topological polar surface area (TPSA) is 66.2 Å². The van der Waals surface area contributed by atoms with Crippen molar-refractivity contribution in [2.45, 2.75) is 17.5 Å². The van der Waals surface area contributed by atoms with E-state index in [2.05, 4.69) is 6.58 Å². The van der Waals surface area contributed by atoms with Gasteiger partial charge in [0.05, 0.1) is 36.4 Å². The summed E-state index contributed by atoms with van der Waals surface area (Å²) in [6, 6.07) is 13.1. The van der Waals surface area contributed by atoms with Crippen LogP contribution in [0.15, 0.2) is 70.5 Å². The SMILES string of the molecule is C=CCn1c(SCc2csc(-c3ccc(OC)cc3OC)n2)nc2ccccc2c1=O. The number of para-hydroxylation sites is 1. The van der Waals surface area contributed by atoms with E-state index in [1.54, 1.807) is 42.3 Å². The zero-order valence-electron chi connectivity index (χ0n) is 17.2. The Hall–Kier alpha value is -3.10. The minimum Gasteiger partial charge on any atom is -0.497 e. The fourth-order valence-electron chi connectivity index (χ4n) is 3.16. The lowest BCUT2D eigenvalue weighted by Gasteiger charge is -2.11. The van der Waals surface area contributed by atoms with Gasteiger partial charge in [-0.05, 0) is 24.3 Å². The van der Waals surface area contributed by atoms with Gasteiger partial charge in [-0.15, -0.1) is 17.9 Å². The molecule has 0 radical (unpaired) electrons. The van der Waals surface area contributed by atoms with E-state index in [4.69, 9.17) is 19.4 Å². The number of allylic oxidation sites excluding steroid dienone is 1. The van der Waals surface area contributed by atoms with E-state index in [1.165, 1.54) is 11.8 Å². The quantitative estimate of drug-likeness (QED) is 0.213. The highest BCUT2D eigenvalue weighted by atomic mass is 32.2. The van der Waals surface area contributed by atoms with Gasteiger partial charge in [-0.3, -0.25) is 9.36 Å². The molecule has 0 atom stereocenters. The first-order chi connectivity index (χ1) is 15.1. The molecule has 0 saturated heterocycles. The lowest BCUT2D eigenvalue weighted by molar-refractivity contribution is 0.395. The minimum absolute atomic E-state index is 0.0602. The number of nitrogens with zero attached hydrogens (tertiary/aromatic N) is 3. The van der Waals surface area contributed by atoms with Gasteiger partial charge in [-0.1, -0.05) is 30.0 Å². The van der Waals surface area contributed by atoms with Gasteiger partial charge in [-0.2, -0.15) is 0 Å². The molecule has 4 aromatic rings. The zero-order chi connectivity index (χ0) is 21.8. The van der Waals surface area contributed by atoms with E-state index in [-0.39, 0.29) is 5.56 Å². The molecule has 31 heavy (non-hydrogen) atoms. The number of benzene rings is 2. The maximum Gasteiger partial charge on any atom is 0.262 e. The highest BCUT2D eigenvalue weighted by Gasteiger charge is 2.14. The fourth-order valence-corrected chi connectivity index (χ4v) is 5.01. The van der Waals surface area contributed by atoms with E-state index >= 15 is 0 Å². The number of aromatic nitrogens is 3. The molecule has 0 bridgehead atoms. The van der Waals surface area contributed by atoms with Crippen molar-refractivity contribution in [2.24, 2.45) is 0 Å². The summed E-state index contributed by atoms with van der Waals surface area (Å²) in [5.41, 5.74) is 2.46. The molecule has 0 unspecified atom stereocenters. The Morgan fingerprint density at radius 2 is 2.00 bits per heavy atom. The second-order valence-electron chi connectivity index (χ2n) is 6.61. The lowest BCUT2D eigenvalue weighted by Crippen LogP contribution is -2.22. The molecule has 0 aliphatic heterocycles. The molecule has 4 rings (SSSR count). The van der Waals surface area contributed by atoms with Crippen molar-refractivity contribution in [3.8, 4) is 22.1 Å². The fraction of sp³-hybridized carbons (Fsp3) is 0.174. The first kappa shape index (κ1) is 21.1.